The van der Waals surface area contributed by atoms with Crippen LogP contribution in [0.2, 0.25) is 0 Å². The molecule has 0 fully saturated rings. The van der Waals surface area contributed by atoms with Crippen LogP contribution in [0.4, 0.5) is 13.2 Å². The summed E-state index contributed by atoms with van der Waals surface area (Å²) in [6.07, 6.45) is 6.18. The van der Waals surface area contributed by atoms with Crippen LogP contribution >= 0.6 is 0 Å². The number of primary sulfonamides is 1. The van der Waals surface area contributed by atoms with Gasteiger partial charge in [0.15, 0.2) is 0 Å². The molecule has 0 saturated heterocycles. The highest BCUT2D eigenvalue weighted by Gasteiger charge is 2.42. The van der Waals surface area contributed by atoms with Gasteiger partial charge in [-0.25, -0.2) is 18.5 Å². The zero-order chi connectivity index (χ0) is 12.8. The van der Waals surface area contributed by atoms with E-state index >= 15 is 0 Å². The number of rotatable bonds is 2. The summed E-state index contributed by atoms with van der Waals surface area (Å²) in [4.78, 5) is 6.93. The Morgan fingerprint density at radius 3 is 2.31 bits per heavy atom. The van der Waals surface area contributed by atoms with Gasteiger partial charge in [-0.2, -0.15) is 13.2 Å². The third-order valence-electron chi connectivity index (χ3n) is 1.22. The Balaban J connectivity index is 0.000000281. The number of hydrogen-bond acceptors (Lipinski definition) is 3. The predicted octanol–water partition coefficient (Wildman–Crippen LogP) is 0.933. The maximum atomic E-state index is 10.8. The van der Waals surface area contributed by atoms with Crippen molar-refractivity contribution in [2.45, 2.75) is 11.9 Å². The highest BCUT2D eigenvalue weighted by molar-refractivity contribution is 7.90. The van der Waals surface area contributed by atoms with Crippen LogP contribution in [-0.4, -0.2) is 23.9 Å². The molecular formula is C7H10F3N3O2S. The van der Waals surface area contributed by atoms with Crippen LogP contribution < -0.4 is 5.14 Å². The lowest BCUT2D eigenvalue weighted by Crippen LogP contribution is -2.30. The molecule has 0 amide bonds. The Labute approximate surface area is 90.2 Å². The smallest absolute Gasteiger partial charge is 0.348 e. The fraction of sp³-hybridized carbons (Fsp3) is 0.286. The second-order valence-electron chi connectivity index (χ2n) is 2.52. The lowest BCUT2D eigenvalue weighted by Gasteiger charge is -1.98. The van der Waals surface area contributed by atoms with Crippen molar-refractivity contribution in [3.8, 4) is 0 Å². The van der Waals surface area contributed by atoms with Gasteiger partial charge in [-0.1, -0.05) is 6.08 Å². The van der Waals surface area contributed by atoms with Gasteiger partial charge < -0.3 is 4.98 Å². The average Bonchev–Trinajstić information content (AvgIpc) is 2.54. The van der Waals surface area contributed by atoms with E-state index in [1.165, 1.54) is 0 Å². The Bertz CT molecular complexity index is 411. The third kappa shape index (κ3) is 5.51. The number of alkyl halides is 3. The summed E-state index contributed by atoms with van der Waals surface area (Å²) in [5.41, 5.74) is -5.31. The fourth-order valence-corrected chi connectivity index (χ4v) is 0.546. The van der Waals surface area contributed by atoms with Crippen LogP contribution in [0.15, 0.2) is 25.0 Å². The van der Waals surface area contributed by atoms with E-state index in [4.69, 9.17) is 0 Å². The van der Waals surface area contributed by atoms with Gasteiger partial charge in [0, 0.05) is 18.8 Å². The molecule has 0 atom stereocenters. The van der Waals surface area contributed by atoms with Crippen molar-refractivity contribution in [1.29, 1.82) is 0 Å². The van der Waals surface area contributed by atoms with E-state index in [9.17, 15) is 21.6 Å². The average molecular weight is 257 g/mol. The Hall–Kier alpha value is -1.35. The number of nitrogens with one attached hydrogen (secondary N) is 1. The molecule has 92 valence electrons. The highest BCUT2D eigenvalue weighted by atomic mass is 32.2. The van der Waals surface area contributed by atoms with Crippen molar-refractivity contribution < 1.29 is 21.6 Å². The van der Waals surface area contributed by atoms with Crippen molar-refractivity contribution in [2.75, 3.05) is 0 Å². The second kappa shape index (κ2) is 5.66. The van der Waals surface area contributed by atoms with Gasteiger partial charge in [-0.3, -0.25) is 0 Å². The van der Waals surface area contributed by atoms with E-state index in [2.05, 4.69) is 21.7 Å². The zero-order valence-corrected chi connectivity index (χ0v) is 8.85. The summed E-state index contributed by atoms with van der Waals surface area (Å²) < 4.78 is 51.2. The minimum Gasteiger partial charge on any atom is -0.348 e. The number of hydrogen-bond donors (Lipinski definition) is 2. The molecule has 0 aliphatic carbocycles. The molecule has 0 spiro atoms. The maximum Gasteiger partial charge on any atom is 0.511 e. The number of H-pyrrole nitrogens is 1. The molecule has 0 radical (unpaired) electrons. The molecule has 3 N–H and O–H groups in total. The van der Waals surface area contributed by atoms with E-state index in [-0.39, 0.29) is 0 Å². The summed E-state index contributed by atoms with van der Waals surface area (Å²) in [6.45, 7) is 3.58. The van der Waals surface area contributed by atoms with Gasteiger partial charge in [0.1, 0.15) is 5.82 Å². The van der Waals surface area contributed by atoms with Gasteiger partial charge in [-0.15, -0.1) is 6.58 Å². The first kappa shape index (κ1) is 14.6. The van der Waals surface area contributed by atoms with E-state index in [0.29, 0.717) is 0 Å². The maximum absolute atomic E-state index is 10.8. The number of allylic oxidation sites excluding steroid dienone is 1. The van der Waals surface area contributed by atoms with Gasteiger partial charge >= 0.3 is 15.5 Å². The molecule has 0 bridgehead atoms. The fourth-order valence-electron chi connectivity index (χ4n) is 0.546. The largest absolute Gasteiger partial charge is 0.511 e. The Morgan fingerprint density at radius 2 is 2.06 bits per heavy atom. The van der Waals surface area contributed by atoms with Crippen LogP contribution in [0.25, 0.3) is 0 Å². The van der Waals surface area contributed by atoms with Gasteiger partial charge in [0.05, 0.1) is 0 Å². The standard InChI is InChI=1S/C6H8N2.CH2F3NO2S/c1-2-3-6-7-4-5-8-6;2-1(3,4)8(5,6)7/h2,4-5H,1,3H2,(H,7,8);(H2,5,6,7). The molecule has 5 nitrogen and oxygen atoms in total. The van der Waals surface area contributed by atoms with Crippen LogP contribution in [0.1, 0.15) is 5.82 Å². The summed E-state index contributed by atoms with van der Waals surface area (Å²) >= 11 is 0. The normalized spacial score (nSPS) is 11.5. The SMILES string of the molecule is C=CCc1ncc[nH]1.NS(=O)(=O)C(F)(F)F. The molecule has 1 aromatic rings. The monoisotopic (exact) mass is 257 g/mol. The molecule has 0 aliphatic rings. The topological polar surface area (TPSA) is 88.8 Å². The quantitative estimate of drug-likeness (QED) is 0.772. The molecule has 0 unspecified atom stereocenters. The summed E-state index contributed by atoms with van der Waals surface area (Å²) in [7, 11) is -5.34. The third-order valence-corrected chi connectivity index (χ3v) is 1.86. The van der Waals surface area contributed by atoms with Crippen molar-refractivity contribution >= 4 is 10.0 Å². The lowest BCUT2D eigenvalue weighted by atomic mass is 10.4. The van der Waals surface area contributed by atoms with Crippen LogP contribution in [0.5, 0.6) is 0 Å². The van der Waals surface area contributed by atoms with Crippen LogP contribution in [0.3, 0.4) is 0 Å². The van der Waals surface area contributed by atoms with Crippen molar-refractivity contribution in [1.82, 2.24) is 9.97 Å². The first-order valence-corrected chi connectivity index (χ1v) is 5.41. The number of sulfonamides is 1. The van der Waals surface area contributed by atoms with Crippen molar-refractivity contribution in [3.05, 3.63) is 30.9 Å². The number of imidazole rings is 1. The summed E-state index contributed by atoms with van der Waals surface area (Å²) in [5.74, 6) is 0.972. The van der Waals surface area contributed by atoms with E-state index in [1.807, 2.05) is 6.08 Å². The number of aromatic nitrogens is 2. The van der Waals surface area contributed by atoms with E-state index in [1.54, 1.807) is 12.4 Å². The van der Waals surface area contributed by atoms with E-state index < -0.39 is 15.5 Å². The molecule has 9 heteroatoms. The minimum absolute atomic E-state index is 0.826. The molecule has 1 aromatic heterocycles. The number of aromatic amines is 1. The van der Waals surface area contributed by atoms with Crippen molar-refractivity contribution in [2.24, 2.45) is 5.14 Å². The minimum atomic E-state index is -5.34. The Morgan fingerprint density at radius 1 is 1.56 bits per heavy atom. The predicted molar refractivity (Wildman–Crippen MR) is 51.7 cm³/mol. The first-order chi connectivity index (χ1) is 7.18. The Kier molecular flexibility index (Phi) is 5.18. The summed E-state index contributed by atoms with van der Waals surface area (Å²) in [6, 6.07) is 0. The molecule has 0 aromatic carbocycles. The molecule has 1 heterocycles. The second-order valence-corrected chi connectivity index (χ2v) is 4.07. The highest BCUT2D eigenvalue weighted by Crippen LogP contribution is 2.18. The first-order valence-electron chi connectivity index (χ1n) is 3.86. The van der Waals surface area contributed by atoms with Gasteiger partial charge in [0.2, 0.25) is 0 Å². The van der Waals surface area contributed by atoms with Gasteiger partial charge in [-0.05, 0) is 0 Å². The number of nitrogens with two attached hydrogens (primary N) is 1. The zero-order valence-electron chi connectivity index (χ0n) is 8.03. The molecule has 1 rings (SSSR count). The van der Waals surface area contributed by atoms with Crippen molar-refractivity contribution in [3.63, 3.8) is 0 Å². The lowest BCUT2D eigenvalue weighted by molar-refractivity contribution is -0.0436. The van der Waals surface area contributed by atoms with Crippen LogP contribution in [-0.2, 0) is 16.4 Å². The molecular weight excluding hydrogens is 247 g/mol. The van der Waals surface area contributed by atoms with Crippen LogP contribution in [0, 0.1) is 0 Å². The molecule has 0 saturated carbocycles. The summed E-state index contributed by atoms with van der Waals surface area (Å²) in [5, 5.41) is 3.66. The molecule has 16 heavy (non-hydrogen) atoms. The molecule has 0 aliphatic heterocycles. The number of nitrogens with zero attached hydrogens (tertiary/aromatic N) is 1. The number of halogens is 3. The van der Waals surface area contributed by atoms with E-state index in [0.717, 1.165) is 12.2 Å². The van der Waals surface area contributed by atoms with Gasteiger partial charge in [0.25, 0.3) is 0 Å².